The Labute approximate surface area is 122 Å². The SMILES string of the molecule is O=C(O)N(CCc1ccc(O)c(F)c1)Cc1ccccc1. The number of halogens is 1. The normalized spacial score (nSPS) is 10.3. The maximum atomic E-state index is 13.2. The number of hydrogen-bond donors (Lipinski definition) is 2. The van der Waals surface area contributed by atoms with Crippen molar-refractivity contribution in [3.05, 3.63) is 65.5 Å². The molecule has 110 valence electrons. The summed E-state index contributed by atoms with van der Waals surface area (Å²) in [5.41, 5.74) is 1.54. The molecule has 21 heavy (non-hydrogen) atoms. The number of phenolic OH excluding ortho intramolecular Hbond substituents is 1. The largest absolute Gasteiger partial charge is 0.505 e. The van der Waals surface area contributed by atoms with Crippen LogP contribution in [0.25, 0.3) is 0 Å². The van der Waals surface area contributed by atoms with Crippen LogP contribution in [0.2, 0.25) is 0 Å². The van der Waals surface area contributed by atoms with Gasteiger partial charge in [0.25, 0.3) is 0 Å². The van der Waals surface area contributed by atoms with E-state index in [1.807, 2.05) is 30.3 Å². The molecule has 0 aliphatic heterocycles. The Morgan fingerprint density at radius 3 is 2.43 bits per heavy atom. The standard InChI is InChI=1S/C16H16FNO3/c17-14-10-12(6-7-15(14)19)8-9-18(16(20)21)11-13-4-2-1-3-5-13/h1-7,10,19H,8-9,11H2,(H,20,21). The van der Waals surface area contributed by atoms with Crippen LogP contribution in [0.3, 0.4) is 0 Å². The molecule has 4 nitrogen and oxygen atoms in total. The fraction of sp³-hybridized carbons (Fsp3) is 0.188. The number of aromatic hydroxyl groups is 1. The minimum atomic E-state index is -1.02. The molecule has 0 aromatic heterocycles. The third-order valence-corrected chi connectivity index (χ3v) is 3.17. The second-order valence-corrected chi connectivity index (χ2v) is 4.73. The molecule has 0 saturated carbocycles. The molecule has 0 spiro atoms. The molecule has 0 bridgehead atoms. The van der Waals surface area contributed by atoms with Gasteiger partial charge in [0, 0.05) is 13.1 Å². The van der Waals surface area contributed by atoms with Gasteiger partial charge in [0.05, 0.1) is 0 Å². The van der Waals surface area contributed by atoms with E-state index >= 15 is 0 Å². The molecule has 0 radical (unpaired) electrons. The molecule has 1 amide bonds. The summed E-state index contributed by atoms with van der Waals surface area (Å²) in [5, 5.41) is 18.3. The van der Waals surface area contributed by atoms with Gasteiger partial charge in [-0.2, -0.15) is 0 Å². The van der Waals surface area contributed by atoms with Gasteiger partial charge in [-0.3, -0.25) is 0 Å². The Morgan fingerprint density at radius 2 is 1.81 bits per heavy atom. The van der Waals surface area contributed by atoms with Crippen molar-refractivity contribution in [1.82, 2.24) is 4.90 Å². The number of hydrogen-bond acceptors (Lipinski definition) is 2. The highest BCUT2D eigenvalue weighted by atomic mass is 19.1. The second kappa shape index (κ2) is 6.74. The third-order valence-electron chi connectivity index (χ3n) is 3.17. The van der Waals surface area contributed by atoms with E-state index in [-0.39, 0.29) is 13.1 Å². The van der Waals surface area contributed by atoms with Crippen LogP contribution in [-0.4, -0.2) is 27.8 Å². The first-order valence-electron chi connectivity index (χ1n) is 6.55. The van der Waals surface area contributed by atoms with E-state index in [1.54, 1.807) is 6.07 Å². The zero-order valence-electron chi connectivity index (χ0n) is 11.4. The zero-order valence-corrected chi connectivity index (χ0v) is 11.4. The molecular formula is C16H16FNO3. The molecule has 0 aliphatic carbocycles. The van der Waals surface area contributed by atoms with Crippen LogP contribution in [0, 0.1) is 5.82 Å². The Balaban J connectivity index is 2.00. The molecule has 0 fully saturated rings. The lowest BCUT2D eigenvalue weighted by Crippen LogP contribution is -2.30. The molecule has 2 aromatic carbocycles. The zero-order chi connectivity index (χ0) is 15.2. The van der Waals surface area contributed by atoms with Crippen LogP contribution in [0.4, 0.5) is 9.18 Å². The highest BCUT2D eigenvalue weighted by Gasteiger charge is 2.12. The van der Waals surface area contributed by atoms with Crippen molar-refractivity contribution in [2.24, 2.45) is 0 Å². The van der Waals surface area contributed by atoms with Crippen LogP contribution in [0.5, 0.6) is 5.75 Å². The number of rotatable bonds is 5. The van der Waals surface area contributed by atoms with Gasteiger partial charge in [-0.1, -0.05) is 36.4 Å². The van der Waals surface area contributed by atoms with Crippen LogP contribution in [0.1, 0.15) is 11.1 Å². The first-order valence-corrected chi connectivity index (χ1v) is 6.55. The lowest BCUT2D eigenvalue weighted by Gasteiger charge is -2.19. The van der Waals surface area contributed by atoms with Crippen molar-refractivity contribution in [2.75, 3.05) is 6.54 Å². The summed E-state index contributed by atoms with van der Waals surface area (Å²) in [6, 6.07) is 13.4. The van der Waals surface area contributed by atoms with E-state index in [4.69, 9.17) is 5.11 Å². The maximum Gasteiger partial charge on any atom is 0.407 e. The number of nitrogens with zero attached hydrogens (tertiary/aromatic N) is 1. The summed E-state index contributed by atoms with van der Waals surface area (Å²) >= 11 is 0. The third kappa shape index (κ3) is 4.21. The molecule has 0 saturated heterocycles. The fourth-order valence-corrected chi connectivity index (χ4v) is 2.02. The van der Waals surface area contributed by atoms with Crippen molar-refractivity contribution >= 4 is 6.09 Å². The first-order chi connectivity index (χ1) is 10.1. The van der Waals surface area contributed by atoms with E-state index in [9.17, 15) is 14.3 Å². The van der Waals surface area contributed by atoms with Gasteiger partial charge in [0.2, 0.25) is 0 Å². The van der Waals surface area contributed by atoms with Gasteiger partial charge >= 0.3 is 6.09 Å². The second-order valence-electron chi connectivity index (χ2n) is 4.73. The van der Waals surface area contributed by atoms with Crippen molar-refractivity contribution in [3.8, 4) is 5.75 Å². The minimum Gasteiger partial charge on any atom is -0.505 e. The maximum absolute atomic E-state index is 13.2. The van der Waals surface area contributed by atoms with Crippen LogP contribution in [0.15, 0.2) is 48.5 Å². The van der Waals surface area contributed by atoms with Gasteiger partial charge in [0.15, 0.2) is 11.6 Å². The molecule has 0 atom stereocenters. The summed E-state index contributed by atoms with van der Waals surface area (Å²) in [6.07, 6.45) is -0.630. The number of carboxylic acid groups (broad SMARTS) is 1. The van der Waals surface area contributed by atoms with Gasteiger partial charge in [-0.05, 0) is 29.7 Å². The van der Waals surface area contributed by atoms with Crippen molar-refractivity contribution in [1.29, 1.82) is 0 Å². The summed E-state index contributed by atoms with van der Waals surface area (Å²) in [7, 11) is 0. The Kier molecular flexibility index (Phi) is 4.77. The topological polar surface area (TPSA) is 60.8 Å². The van der Waals surface area contributed by atoms with E-state index in [2.05, 4.69) is 0 Å². The molecular weight excluding hydrogens is 273 g/mol. The first kappa shape index (κ1) is 14.8. The Hall–Kier alpha value is -2.56. The summed E-state index contributed by atoms with van der Waals surface area (Å²) in [4.78, 5) is 12.5. The number of carbonyl (C=O) groups is 1. The smallest absolute Gasteiger partial charge is 0.407 e. The average Bonchev–Trinajstić information content (AvgIpc) is 2.47. The van der Waals surface area contributed by atoms with Gasteiger partial charge in [-0.25, -0.2) is 9.18 Å². The highest BCUT2D eigenvalue weighted by molar-refractivity contribution is 5.65. The van der Waals surface area contributed by atoms with Crippen LogP contribution in [-0.2, 0) is 13.0 Å². The molecule has 2 rings (SSSR count). The van der Waals surface area contributed by atoms with Crippen molar-refractivity contribution < 1.29 is 19.4 Å². The lowest BCUT2D eigenvalue weighted by atomic mass is 10.1. The Bertz CT molecular complexity index is 616. The molecule has 2 N–H and O–H groups in total. The molecule has 0 unspecified atom stereocenters. The van der Waals surface area contributed by atoms with E-state index < -0.39 is 17.7 Å². The molecule has 5 heteroatoms. The Morgan fingerprint density at radius 1 is 1.10 bits per heavy atom. The number of benzene rings is 2. The van der Waals surface area contributed by atoms with Crippen molar-refractivity contribution in [3.63, 3.8) is 0 Å². The minimum absolute atomic E-state index is 0.258. The highest BCUT2D eigenvalue weighted by Crippen LogP contribution is 2.17. The predicted molar refractivity (Wildman–Crippen MR) is 76.6 cm³/mol. The van der Waals surface area contributed by atoms with Crippen molar-refractivity contribution in [2.45, 2.75) is 13.0 Å². The van der Waals surface area contributed by atoms with Crippen LogP contribution >= 0.6 is 0 Å². The number of amides is 1. The monoisotopic (exact) mass is 289 g/mol. The molecule has 0 heterocycles. The summed E-state index contributed by atoms with van der Waals surface area (Å²) in [6.45, 7) is 0.547. The van der Waals surface area contributed by atoms with E-state index in [0.29, 0.717) is 12.0 Å². The van der Waals surface area contributed by atoms with Crippen LogP contribution < -0.4 is 0 Å². The molecule has 0 aliphatic rings. The molecule has 2 aromatic rings. The van der Waals surface area contributed by atoms with E-state index in [0.717, 1.165) is 5.56 Å². The number of phenols is 1. The summed E-state index contributed by atoms with van der Waals surface area (Å²) in [5.74, 6) is -1.10. The van der Waals surface area contributed by atoms with Gasteiger partial charge < -0.3 is 15.1 Å². The average molecular weight is 289 g/mol. The summed E-state index contributed by atoms with van der Waals surface area (Å²) < 4.78 is 13.2. The van der Waals surface area contributed by atoms with E-state index in [1.165, 1.54) is 17.0 Å². The lowest BCUT2D eigenvalue weighted by molar-refractivity contribution is 0.143. The van der Waals surface area contributed by atoms with Gasteiger partial charge in [-0.15, -0.1) is 0 Å². The van der Waals surface area contributed by atoms with Gasteiger partial charge in [0.1, 0.15) is 0 Å². The predicted octanol–water partition coefficient (Wildman–Crippen LogP) is 3.25. The fourth-order valence-electron chi connectivity index (χ4n) is 2.02. The quantitative estimate of drug-likeness (QED) is 0.888.